The van der Waals surface area contributed by atoms with E-state index in [1.54, 1.807) is 0 Å². The van der Waals surface area contributed by atoms with Crippen molar-refractivity contribution in [3.05, 3.63) is 17.2 Å². The quantitative estimate of drug-likeness (QED) is 0.617. The van der Waals surface area contributed by atoms with Crippen molar-refractivity contribution in [2.45, 2.75) is 51.7 Å². The first-order chi connectivity index (χ1) is 9.78. The van der Waals surface area contributed by atoms with E-state index in [1.165, 1.54) is 5.56 Å². The third-order valence-electron chi connectivity index (χ3n) is 3.75. The molecule has 5 heteroatoms. The molecule has 0 heterocycles. The molecule has 0 bridgehead atoms. The second-order valence-corrected chi connectivity index (χ2v) is 6.79. The number of aliphatic hydroxyl groups is 1. The number of aryl methyl sites for hydroxylation is 1. The Morgan fingerprint density at radius 3 is 2.67 bits per heavy atom. The molecule has 2 rings (SSSR count). The summed E-state index contributed by atoms with van der Waals surface area (Å²) in [6.45, 7) is 6.84. The molecule has 1 unspecified atom stereocenters. The van der Waals surface area contributed by atoms with E-state index in [2.05, 4.69) is 26.1 Å². The fourth-order valence-corrected chi connectivity index (χ4v) is 2.55. The average Bonchev–Trinajstić information content (AvgIpc) is 2.86. The largest absolute Gasteiger partial charge is 0.489 e. The highest BCUT2D eigenvalue weighted by Gasteiger charge is 2.20. The number of ether oxygens (including phenoxy) is 1. The fourth-order valence-electron chi connectivity index (χ4n) is 2.55. The number of benzene rings is 1. The van der Waals surface area contributed by atoms with Crippen LogP contribution in [0.3, 0.4) is 0 Å². The van der Waals surface area contributed by atoms with Gasteiger partial charge in [-0.05, 0) is 57.2 Å². The molecule has 1 aliphatic carbocycles. The van der Waals surface area contributed by atoms with Crippen LogP contribution in [0.4, 0.5) is 11.4 Å². The summed E-state index contributed by atoms with van der Waals surface area (Å²) >= 11 is 0. The van der Waals surface area contributed by atoms with Crippen molar-refractivity contribution >= 4 is 11.4 Å². The highest BCUT2D eigenvalue weighted by Crippen LogP contribution is 2.38. The predicted molar refractivity (Wildman–Crippen MR) is 86.5 cm³/mol. The molecule has 118 valence electrons. The van der Waals surface area contributed by atoms with Crippen molar-refractivity contribution in [2.75, 3.05) is 24.6 Å². The summed E-state index contributed by atoms with van der Waals surface area (Å²) in [5.41, 5.74) is 15.6. The molecule has 0 saturated heterocycles. The second-order valence-electron chi connectivity index (χ2n) is 6.79. The zero-order valence-electron chi connectivity index (χ0n) is 13.2. The Kier molecular flexibility index (Phi) is 4.64. The molecule has 6 N–H and O–H groups in total. The molecular weight excluding hydrogens is 266 g/mol. The summed E-state index contributed by atoms with van der Waals surface area (Å²) in [5.74, 6) is 0.586. The van der Waals surface area contributed by atoms with Gasteiger partial charge in [-0.2, -0.15) is 0 Å². The Morgan fingerprint density at radius 2 is 2.00 bits per heavy atom. The minimum atomic E-state index is -0.585. The number of anilines is 2. The number of nitrogen functional groups attached to an aromatic ring is 2. The first-order valence-electron chi connectivity index (χ1n) is 7.53. The molecular formula is C16H27N3O2. The first-order valence-corrected chi connectivity index (χ1v) is 7.53. The predicted octanol–water partition coefficient (Wildman–Crippen LogP) is 1.47. The zero-order valence-corrected chi connectivity index (χ0v) is 13.2. The van der Waals surface area contributed by atoms with Gasteiger partial charge in [0.15, 0.2) is 0 Å². The number of aliphatic hydroxyl groups excluding tert-OH is 1. The lowest BCUT2D eigenvalue weighted by atomic mass is 10.1. The number of fused-ring (bicyclic) bond motifs is 1. The van der Waals surface area contributed by atoms with Gasteiger partial charge in [-0.1, -0.05) is 0 Å². The highest BCUT2D eigenvalue weighted by atomic mass is 16.5. The van der Waals surface area contributed by atoms with E-state index in [-0.39, 0.29) is 12.1 Å². The van der Waals surface area contributed by atoms with Gasteiger partial charge in [0.25, 0.3) is 0 Å². The molecule has 0 aliphatic heterocycles. The van der Waals surface area contributed by atoms with Gasteiger partial charge in [-0.15, -0.1) is 0 Å². The summed E-state index contributed by atoms with van der Waals surface area (Å²) in [6, 6.07) is 1.97. The Morgan fingerprint density at radius 1 is 1.29 bits per heavy atom. The number of hydrogen-bond donors (Lipinski definition) is 4. The summed E-state index contributed by atoms with van der Waals surface area (Å²) in [5, 5.41) is 13.2. The Hall–Kier alpha value is -1.46. The van der Waals surface area contributed by atoms with Crippen molar-refractivity contribution in [3.8, 4) is 5.75 Å². The monoisotopic (exact) mass is 293 g/mol. The number of nitrogens with two attached hydrogens (primary N) is 2. The number of rotatable bonds is 5. The molecule has 1 aromatic carbocycles. The zero-order chi connectivity index (χ0) is 15.6. The van der Waals surface area contributed by atoms with Crippen LogP contribution in [0.15, 0.2) is 6.07 Å². The molecule has 1 aromatic rings. The van der Waals surface area contributed by atoms with Crippen LogP contribution in [-0.2, 0) is 12.8 Å². The summed E-state index contributed by atoms with van der Waals surface area (Å²) in [4.78, 5) is 0. The summed E-state index contributed by atoms with van der Waals surface area (Å²) in [7, 11) is 0. The van der Waals surface area contributed by atoms with E-state index >= 15 is 0 Å². The van der Waals surface area contributed by atoms with Crippen molar-refractivity contribution in [1.82, 2.24) is 5.32 Å². The fraction of sp³-hybridized carbons (Fsp3) is 0.625. The SMILES string of the molecule is CC(C)(C)NCC(O)COc1cc2c(c(N)c1N)CCC2. The van der Waals surface area contributed by atoms with Crippen molar-refractivity contribution < 1.29 is 9.84 Å². The molecule has 0 amide bonds. The maximum atomic E-state index is 9.97. The van der Waals surface area contributed by atoms with Crippen LogP contribution in [0.1, 0.15) is 38.3 Å². The van der Waals surface area contributed by atoms with E-state index in [9.17, 15) is 5.11 Å². The topological polar surface area (TPSA) is 93.5 Å². The van der Waals surface area contributed by atoms with Gasteiger partial charge in [0.1, 0.15) is 18.5 Å². The van der Waals surface area contributed by atoms with E-state index < -0.39 is 6.10 Å². The van der Waals surface area contributed by atoms with E-state index in [0.29, 0.717) is 23.7 Å². The third kappa shape index (κ3) is 4.02. The van der Waals surface area contributed by atoms with Crippen LogP contribution in [0.5, 0.6) is 5.75 Å². The Labute approximate surface area is 126 Å². The molecule has 0 radical (unpaired) electrons. The van der Waals surface area contributed by atoms with Gasteiger partial charge < -0.3 is 26.6 Å². The van der Waals surface area contributed by atoms with Crippen molar-refractivity contribution in [2.24, 2.45) is 0 Å². The normalized spacial score (nSPS) is 15.8. The Balaban J connectivity index is 1.96. The van der Waals surface area contributed by atoms with E-state index in [1.807, 2.05) is 6.07 Å². The molecule has 5 nitrogen and oxygen atoms in total. The lowest BCUT2D eigenvalue weighted by molar-refractivity contribution is 0.100. The minimum absolute atomic E-state index is 0.0298. The highest BCUT2D eigenvalue weighted by molar-refractivity contribution is 5.76. The third-order valence-corrected chi connectivity index (χ3v) is 3.75. The smallest absolute Gasteiger partial charge is 0.144 e. The van der Waals surface area contributed by atoms with Crippen molar-refractivity contribution in [1.29, 1.82) is 0 Å². The number of nitrogens with one attached hydrogen (secondary N) is 1. The van der Waals surface area contributed by atoms with Gasteiger partial charge in [0, 0.05) is 12.1 Å². The van der Waals surface area contributed by atoms with E-state index in [4.69, 9.17) is 16.2 Å². The summed E-state index contributed by atoms with van der Waals surface area (Å²) in [6.07, 6.45) is 2.53. The maximum Gasteiger partial charge on any atom is 0.144 e. The van der Waals surface area contributed by atoms with Crippen LogP contribution >= 0.6 is 0 Å². The number of β-amino-alcohol motifs (C(OH)–C–C–N with tert-alkyl or cyclic N) is 1. The van der Waals surface area contributed by atoms with Gasteiger partial charge in [-0.3, -0.25) is 0 Å². The van der Waals surface area contributed by atoms with Crippen LogP contribution in [0.2, 0.25) is 0 Å². The van der Waals surface area contributed by atoms with Gasteiger partial charge >= 0.3 is 0 Å². The summed E-state index contributed by atoms with van der Waals surface area (Å²) < 4.78 is 5.67. The molecule has 0 fully saturated rings. The molecule has 0 aromatic heterocycles. The van der Waals surface area contributed by atoms with Crippen LogP contribution in [0, 0.1) is 0 Å². The molecule has 1 aliphatic rings. The van der Waals surface area contributed by atoms with Gasteiger partial charge in [0.05, 0.1) is 11.4 Å². The van der Waals surface area contributed by atoms with Gasteiger partial charge in [-0.25, -0.2) is 0 Å². The molecule has 0 saturated carbocycles. The van der Waals surface area contributed by atoms with Crippen LogP contribution in [0.25, 0.3) is 0 Å². The van der Waals surface area contributed by atoms with Crippen LogP contribution in [-0.4, -0.2) is 29.9 Å². The lowest BCUT2D eigenvalue weighted by Crippen LogP contribution is -2.42. The second kappa shape index (κ2) is 6.12. The molecule has 1 atom stereocenters. The lowest BCUT2D eigenvalue weighted by Gasteiger charge is -2.23. The average molecular weight is 293 g/mol. The standard InChI is InChI=1S/C16H27N3O2/c1-16(2,3)19-8-11(20)9-21-13-7-10-5-4-6-12(10)14(17)15(13)18/h7,11,19-20H,4-6,8-9,17-18H2,1-3H3. The van der Waals surface area contributed by atoms with Crippen LogP contribution < -0.4 is 21.5 Å². The van der Waals surface area contributed by atoms with Gasteiger partial charge in [0.2, 0.25) is 0 Å². The van der Waals surface area contributed by atoms with Crippen molar-refractivity contribution in [3.63, 3.8) is 0 Å². The molecule has 0 spiro atoms. The maximum absolute atomic E-state index is 9.97. The minimum Gasteiger partial charge on any atom is -0.489 e. The van der Waals surface area contributed by atoms with E-state index in [0.717, 1.165) is 24.8 Å². The molecule has 21 heavy (non-hydrogen) atoms. The number of hydrogen-bond acceptors (Lipinski definition) is 5. The Bertz CT molecular complexity index is 509. The first kappa shape index (κ1) is 15.9.